The van der Waals surface area contributed by atoms with Crippen LogP contribution in [0.15, 0.2) is 36.4 Å². The molecule has 0 amide bonds. The highest BCUT2D eigenvalue weighted by molar-refractivity contribution is 5.58. The molecule has 0 spiro atoms. The van der Waals surface area contributed by atoms with Crippen molar-refractivity contribution in [3.05, 3.63) is 42.1 Å². The number of anilines is 3. The number of aryl methyl sites for hydroxylation is 1. The van der Waals surface area contributed by atoms with Crippen LogP contribution in [0.4, 0.5) is 17.5 Å². The second kappa shape index (κ2) is 6.34. The molecular formula is C18H24N4. The predicted molar refractivity (Wildman–Crippen MR) is 91.9 cm³/mol. The van der Waals surface area contributed by atoms with Crippen LogP contribution in [0.25, 0.3) is 0 Å². The Morgan fingerprint density at radius 1 is 1.09 bits per heavy atom. The molecule has 1 aliphatic heterocycles. The van der Waals surface area contributed by atoms with Gasteiger partial charge in [0.2, 0.25) is 5.95 Å². The number of para-hydroxylation sites is 1. The van der Waals surface area contributed by atoms with Crippen molar-refractivity contribution in [1.29, 1.82) is 0 Å². The number of aromatic nitrogens is 2. The smallest absolute Gasteiger partial charge is 0.231 e. The minimum Gasteiger partial charge on any atom is -0.356 e. The van der Waals surface area contributed by atoms with Crippen LogP contribution in [0.2, 0.25) is 0 Å². The Bertz CT molecular complexity index is 618. The third-order valence-electron chi connectivity index (χ3n) is 4.38. The second-order valence-corrected chi connectivity index (χ2v) is 6.23. The lowest BCUT2D eigenvalue weighted by Crippen LogP contribution is -2.33. The first-order chi connectivity index (χ1) is 10.6. The number of nitrogens with zero attached hydrogens (tertiary/aromatic N) is 4. The van der Waals surface area contributed by atoms with Gasteiger partial charge in [-0.15, -0.1) is 0 Å². The van der Waals surface area contributed by atoms with Gasteiger partial charge in [-0.1, -0.05) is 25.1 Å². The average molecular weight is 296 g/mol. The van der Waals surface area contributed by atoms with E-state index in [-0.39, 0.29) is 0 Å². The predicted octanol–water partition coefficient (Wildman–Crippen LogP) is 3.79. The van der Waals surface area contributed by atoms with Crippen LogP contribution in [-0.4, -0.2) is 30.1 Å². The molecule has 0 atom stereocenters. The molecule has 4 nitrogen and oxygen atoms in total. The first-order valence-corrected chi connectivity index (χ1v) is 8.03. The zero-order valence-electron chi connectivity index (χ0n) is 13.7. The van der Waals surface area contributed by atoms with Crippen molar-refractivity contribution >= 4 is 17.5 Å². The summed E-state index contributed by atoms with van der Waals surface area (Å²) in [5, 5.41) is 0. The maximum atomic E-state index is 4.80. The lowest BCUT2D eigenvalue weighted by molar-refractivity contribution is 0.436. The van der Waals surface area contributed by atoms with Crippen LogP contribution in [0, 0.1) is 12.8 Å². The third kappa shape index (κ3) is 3.21. The number of piperidine rings is 1. The Hall–Kier alpha value is -2.10. The third-order valence-corrected chi connectivity index (χ3v) is 4.38. The van der Waals surface area contributed by atoms with E-state index in [9.17, 15) is 0 Å². The summed E-state index contributed by atoms with van der Waals surface area (Å²) in [4.78, 5) is 13.8. The molecule has 3 rings (SSSR count). The molecule has 1 fully saturated rings. The van der Waals surface area contributed by atoms with E-state index >= 15 is 0 Å². The normalized spacial score (nSPS) is 15.9. The molecule has 1 aliphatic rings. The summed E-state index contributed by atoms with van der Waals surface area (Å²) >= 11 is 0. The molecule has 0 bridgehead atoms. The van der Waals surface area contributed by atoms with Gasteiger partial charge in [-0.05, 0) is 37.8 Å². The molecule has 0 aliphatic carbocycles. The van der Waals surface area contributed by atoms with Crippen molar-refractivity contribution < 1.29 is 0 Å². The van der Waals surface area contributed by atoms with Crippen LogP contribution in [0.3, 0.4) is 0 Å². The van der Waals surface area contributed by atoms with Gasteiger partial charge in [-0.2, -0.15) is 4.98 Å². The average Bonchev–Trinajstić information content (AvgIpc) is 2.55. The molecule has 116 valence electrons. The topological polar surface area (TPSA) is 32.3 Å². The van der Waals surface area contributed by atoms with Gasteiger partial charge in [-0.3, -0.25) is 0 Å². The van der Waals surface area contributed by atoms with Gasteiger partial charge in [0.05, 0.1) is 0 Å². The van der Waals surface area contributed by atoms with Crippen molar-refractivity contribution in [3.63, 3.8) is 0 Å². The fraction of sp³-hybridized carbons (Fsp3) is 0.444. The van der Waals surface area contributed by atoms with Crippen molar-refractivity contribution in [2.24, 2.45) is 5.92 Å². The fourth-order valence-electron chi connectivity index (χ4n) is 2.85. The van der Waals surface area contributed by atoms with E-state index < -0.39 is 0 Å². The summed E-state index contributed by atoms with van der Waals surface area (Å²) < 4.78 is 0. The van der Waals surface area contributed by atoms with Crippen LogP contribution < -0.4 is 9.80 Å². The Labute approximate surface area is 132 Å². The van der Waals surface area contributed by atoms with Crippen molar-refractivity contribution in [1.82, 2.24) is 9.97 Å². The van der Waals surface area contributed by atoms with E-state index in [2.05, 4.69) is 35.0 Å². The van der Waals surface area contributed by atoms with Gasteiger partial charge in [-0.25, -0.2) is 4.98 Å². The highest BCUT2D eigenvalue weighted by atomic mass is 15.3. The highest BCUT2D eigenvalue weighted by Gasteiger charge is 2.19. The highest BCUT2D eigenvalue weighted by Crippen LogP contribution is 2.25. The standard InChI is InChI=1S/C18H24N4/c1-14-9-11-22(12-10-14)17-13-15(2)19-18(20-17)21(3)16-7-5-4-6-8-16/h4-8,13-14H,9-12H2,1-3H3. The maximum Gasteiger partial charge on any atom is 0.231 e. The SMILES string of the molecule is Cc1cc(N2CCC(C)CC2)nc(N(C)c2ccccc2)n1. The summed E-state index contributed by atoms with van der Waals surface area (Å²) in [5.74, 6) is 2.64. The van der Waals surface area contributed by atoms with Gasteiger partial charge in [0.25, 0.3) is 0 Å². The van der Waals surface area contributed by atoms with Crippen molar-refractivity contribution in [3.8, 4) is 0 Å². The molecule has 22 heavy (non-hydrogen) atoms. The molecule has 0 radical (unpaired) electrons. The van der Waals surface area contributed by atoms with E-state index in [1.807, 2.05) is 37.1 Å². The lowest BCUT2D eigenvalue weighted by Gasteiger charge is -2.32. The van der Waals surface area contributed by atoms with Crippen molar-refractivity contribution in [2.75, 3.05) is 29.9 Å². The Morgan fingerprint density at radius 3 is 2.45 bits per heavy atom. The zero-order chi connectivity index (χ0) is 15.5. The molecule has 4 heteroatoms. The van der Waals surface area contributed by atoms with Gasteiger partial charge in [0.15, 0.2) is 0 Å². The summed E-state index contributed by atoms with van der Waals surface area (Å²) in [6.45, 7) is 6.55. The largest absolute Gasteiger partial charge is 0.356 e. The Morgan fingerprint density at radius 2 is 1.77 bits per heavy atom. The van der Waals surface area contributed by atoms with Crippen molar-refractivity contribution in [2.45, 2.75) is 26.7 Å². The summed E-state index contributed by atoms with van der Waals surface area (Å²) in [6, 6.07) is 12.3. The number of hydrogen-bond acceptors (Lipinski definition) is 4. The van der Waals surface area contributed by atoms with Crippen LogP contribution >= 0.6 is 0 Å². The number of rotatable bonds is 3. The van der Waals surface area contributed by atoms with E-state index in [0.29, 0.717) is 0 Å². The minimum atomic E-state index is 0.764. The van der Waals surface area contributed by atoms with Gasteiger partial charge < -0.3 is 9.80 Å². The van der Waals surface area contributed by atoms with Gasteiger partial charge in [0.1, 0.15) is 5.82 Å². The minimum absolute atomic E-state index is 0.764. The lowest BCUT2D eigenvalue weighted by atomic mass is 9.99. The van der Waals surface area contributed by atoms with Gasteiger partial charge >= 0.3 is 0 Å². The Kier molecular flexibility index (Phi) is 4.27. The number of hydrogen-bond donors (Lipinski definition) is 0. The maximum absolute atomic E-state index is 4.80. The zero-order valence-corrected chi connectivity index (χ0v) is 13.7. The first kappa shape index (κ1) is 14.8. The molecule has 0 saturated carbocycles. The van der Waals surface area contributed by atoms with Crippen LogP contribution in [-0.2, 0) is 0 Å². The second-order valence-electron chi connectivity index (χ2n) is 6.23. The summed E-state index contributed by atoms with van der Waals surface area (Å²) in [7, 11) is 2.02. The molecule has 2 heterocycles. The van der Waals surface area contributed by atoms with E-state index in [0.717, 1.165) is 42.2 Å². The van der Waals surface area contributed by atoms with E-state index in [4.69, 9.17) is 4.98 Å². The molecule has 1 saturated heterocycles. The Balaban J connectivity index is 1.87. The first-order valence-electron chi connectivity index (χ1n) is 8.03. The number of benzene rings is 1. The van der Waals surface area contributed by atoms with E-state index in [1.54, 1.807) is 0 Å². The van der Waals surface area contributed by atoms with Crippen LogP contribution in [0.5, 0.6) is 0 Å². The molecule has 1 aromatic heterocycles. The fourth-order valence-corrected chi connectivity index (χ4v) is 2.85. The molecule has 1 aromatic carbocycles. The molecule has 0 N–H and O–H groups in total. The van der Waals surface area contributed by atoms with Crippen LogP contribution in [0.1, 0.15) is 25.5 Å². The van der Waals surface area contributed by atoms with E-state index in [1.165, 1.54) is 12.8 Å². The quantitative estimate of drug-likeness (QED) is 0.862. The van der Waals surface area contributed by atoms with Gasteiger partial charge in [0, 0.05) is 37.6 Å². The summed E-state index contributed by atoms with van der Waals surface area (Å²) in [5.41, 5.74) is 2.12. The molecule has 2 aromatic rings. The molecular weight excluding hydrogens is 272 g/mol. The molecule has 0 unspecified atom stereocenters. The monoisotopic (exact) mass is 296 g/mol. The summed E-state index contributed by atoms with van der Waals surface area (Å²) in [6.07, 6.45) is 2.49.